The van der Waals surface area contributed by atoms with Gasteiger partial charge >= 0.3 is 0 Å². The van der Waals surface area contributed by atoms with Gasteiger partial charge in [0.1, 0.15) is 6.04 Å². The van der Waals surface area contributed by atoms with E-state index in [4.69, 9.17) is 23.2 Å². The molecule has 1 aliphatic rings. The Morgan fingerprint density at radius 3 is 2.26 bits per heavy atom. The smallest absolute Gasteiger partial charge is 0.262 e. The van der Waals surface area contributed by atoms with Crippen molar-refractivity contribution >= 4 is 52.5 Å². The molecule has 0 aliphatic carbocycles. The van der Waals surface area contributed by atoms with E-state index in [-0.39, 0.29) is 24.2 Å². The second kappa shape index (κ2) is 9.49. The number of amides is 4. The van der Waals surface area contributed by atoms with Gasteiger partial charge in [-0.15, -0.1) is 0 Å². The van der Waals surface area contributed by atoms with Crippen LogP contribution in [0, 0.1) is 0 Å². The zero-order chi connectivity index (χ0) is 22.7. The standard InChI is InChI=1S/C22H21Cl2N3O4/c1-3-10-26(12-19(28)25-18-11-14(23)8-9-17(18)24)20(29)13(2)27-21(30)15-6-4-5-7-16(15)22(27)31/h4-9,11,13H,3,10,12H2,1-2H3,(H,25,28). The van der Waals surface area contributed by atoms with E-state index in [0.717, 1.165) is 4.90 Å². The Morgan fingerprint density at radius 2 is 1.68 bits per heavy atom. The van der Waals surface area contributed by atoms with Crippen molar-refractivity contribution in [1.29, 1.82) is 0 Å². The molecule has 0 bridgehead atoms. The molecule has 1 aliphatic heterocycles. The molecule has 0 radical (unpaired) electrons. The van der Waals surface area contributed by atoms with Gasteiger partial charge in [-0.25, -0.2) is 0 Å². The summed E-state index contributed by atoms with van der Waals surface area (Å²) in [5, 5.41) is 3.35. The summed E-state index contributed by atoms with van der Waals surface area (Å²) in [6.07, 6.45) is 0.589. The van der Waals surface area contributed by atoms with Gasteiger partial charge in [0.25, 0.3) is 11.8 Å². The molecular formula is C22H21Cl2N3O4. The van der Waals surface area contributed by atoms with Gasteiger partial charge in [-0.1, -0.05) is 42.3 Å². The van der Waals surface area contributed by atoms with Crippen molar-refractivity contribution in [2.24, 2.45) is 0 Å². The van der Waals surface area contributed by atoms with Gasteiger partial charge in [0.2, 0.25) is 11.8 Å². The Hall–Kier alpha value is -2.90. The molecule has 0 fully saturated rings. The third-order valence-electron chi connectivity index (χ3n) is 4.91. The fourth-order valence-corrected chi connectivity index (χ4v) is 3.76. The van der Waals surface area contributed by atoms with Crippen LogP contribution in [-0.4, -0.2) is 52.6 Å². The Balaban J connectivity index is 1.74. The van der Waals surface area contributed by atoms with E-state index in [1.807, 2.05) is 6.92 Å². The number of imide groups is 1. The minimum Gasteiger partial charge on any atom is -0.332 e. The van der Waals surface area contributed by atoms with Crippen LogP contribution in [0.1, 0.15) is 41.0 Å². The number of hydrogen-bond acceptors (Lipinski definition) is 4. The molecule has 1 atom stereocenters. The number of nitrogens with zero attached hydrogens (tertiary/aromatic N) is 2. The van der Waals surface area contributed by atoms with Crippen molar-refractivity contribution in [3.8, 4) is 0 Å². The van der Waals surface area contributed by atoms with Crippen LogP contribution in [0.4, 0.5) is 5.69 Å². The molecular weight excluding hydrogens is 441 g/mol. The third-order valence-corrected chi connectivity index (χ3v) is 5.48. The van der Waals surface area contributed by atoms with Gasteiger partial charge in [0.15, 0.2) is 0 Å². The Kier molecular flexibility index (Phi) is 6.97. The molecule has 4 amide bonds. The average Bonchev–Trinajstić information content (AvgIpc) is 3.00. The van der Waals surface area contributed by atoms with Crippen LogP contribution in [0.2, 0.25) is 10.0 Å². The molecule has 0 saturated carbocycles. The van der Waals surface area contributed by atoms with Crippen molar-refractivity contribution in [3.63, 3.8) is 0 Å². The summed E-state index contributed by atoms with van der Waals surface area (Å²) >= 11 is 12.0. The summed E-state index contributed by atoms with van der Waals surface area (Å²) in [5.41, 5.74) is 0.863. The van der Waals surface area contributed by atoms with Gasteiger partial charge in [-0.3, -0.25) is 24.1 Å². The second-order valence-corrected chi connectivity index (χ2v) is 7.98. The maximum atomic E-state index is 13.1. The minimum atomic E-state index is -1.05. The lowest BCUT2D eigenvalue weighted by molar-refractivity contribution is -0.137. The second-order valence-electron chi connectivity index (χ2n) is 7.13. The van der Waals surface area contributed by atoms with Gasteiger partial charge < -0.3 is 10.2 Å². The number of nitrogens with one attached hydrogen (secondary N) is 1. The van der Waals surface area contributed by atoms with Crippen molar-refractivity contribution in [1.82, 2.24) is 9.80 Å². The number of benzene rings is 2. The Labute approximate surface area is 189 Å². The summed E-state index contributed by atoms with van der Waals surface area (Å²) in [7, 11) is 0. The van der Waals surface area contributed by atoms with Gasteiger partial charge in [0, 0.05) is 11.6 Å². The van der Waals surface area contributed by atoms with E-state index in [1.54, 1.807) is 36.4 Å². The summed E-state index contributed by atoms with van der Waals surface area (Å²) in [5.74, 6) is -2.01. The minimum absolute atomic E-state index is 0.261. The van der Waals surface area contributed by atoms with E-state index >= 15 is 0 Å². The Morgan fingerprint density at radius 1 is 1.06 bits per heavy atom. The van der Waals surface area contributed by atoms with E-state index < -0.39 is 29.7 Å². The molecule has 1 unspecified atom stereocenters. The highest BCUT2D eigenvalue weighted by Crippen LogP contribution is 2.26. The van der Waals surface area contributed by atoms with Gasteiger partial charge in [0.05, 0.1) is 28.4 Å². The molecule has 2 aromatic rings. The Bertz CT molecular complexity index is 1020. The van der Waals surface area contributed by atoms with Crippen LogP contribution in [-0.2, 0) is 9.59 Å². The van der Waals surface area contributed by atoms with Crippen LogP contribution >= 0.6 is 23.2 Å². The topological polar surface area (TPSA) is 86.8 Å². The number of hydrogen-bond donors (Lipinski definition) is 1. The predicted octanol–water partition coefficient (Wildman–Crippen LogP) is 3.86. The maximum Gasteiger partial charge on any atom is 0.262 e. The first-order valence-corrected chi connectivity index (χ1v) is 10.5. The summed E-state index contributed by atoms with van der Waals surface area (Å²) < 4.78 is 0. The number of anilines is 1. The van der Waals surface area contributed by atoms with Crippen molar-refractivity contribution < 1.29 is 19.2 Å². The van der Waals surface area contributed by atoms with E-state index in [9.17, 15) is 19.2 Å². The summed E-state index contributed by atoms with van der Waals surface area (Å²) in [6.45, 7) is 3.36. The maximum absolute atomic E-state index is 13.1. The zero-order valence-electron chi connectivity index (χ0n) is 17.0. The highest BCUT2D eigenvalue weighted by Gasteiger charge is 2.41. The van der Waals surface area contributed by atoms with Crippen LogP contribution in [0.5, 0.6) is 0 Å². The van der Waals surface area contributed by atoms with Crippen molar-refractivity contribution in [2.75, 3.05) is 18.4 Å². The molecule has 31 heavy (non-hydrogen) atoms. The summed E-state index contributed by atoms with van der Waals surface area (Å²) in [6, 6.07) is 10.0. The molecule has 9 heteroatoms. The van der Waals surface area contributed by atoms with Crippen LogP contribution in [0.25, 0.3) is 0 Å². The number of carbonyl (C=O) groups is 4. The molecule has 0 aromatic heterocycles. The normalized spacial score (nSPS) is 13.7. The third kappa shape index (κ3) is 4.73. The average molecular weight is 462 g/mol. The van der Waals surface area contributed by atoms with E-state index in [2.05, 4.69) is 5.32 Å². The fraction of sp³-hybridized carbons (Fsp3) is 0.273. The molecule has 1 N–H and O–H groups in total. The highest BCUT2D eigenvalue weighted by molar-refractivity contribution is 6.35. The largest absolute Gasteiger partial charge is 0.332 e. The predicted molar refractivity (Wildman–Crippen MR) is 118 cm³/mol. The lowest BCUT2D eigenvalue weighted by Gasteiger charge is -2.29. The number of carbonyl (C=O) groups excluding carboxylic acids is 4. The van der Waals surface area contributed by atoms with Crippen LogP contribution in [0.3, 0.4) is 0 Å². The summed E-state index contributed by atoms with van der Waals surface area (Å²) in [4.78, 5) is 53.3. The van der Waals surface area contributed by atoms with Gasteiger partial charge in [-0.05, 0) is 43.7 Å². The molecule has 0 spiro atoms. The van der Waals surface area contributed by atoms with Crippen LogP contribution < -0.4 is 5.32 Å². The highest BCUT2D eigenvalue weighted by atomic mass is 35.5. The first kappa shape index (κ1) is 22.8. The number of rotatable bonds is 7. The van der Waals surface area contributed by atoms with Gasteiger partial charge in [-0.2, -0.15) is 0 Å². The lowest BCUT2D eigenvalue weighted by Crippen LogP contribution is -2.51. The van der Waals surface area contributed by atoms with Crippen molar-refractivity contribution in [2.45, 2.75) is 26.3 Å². The van der Waals surface area contributed by atoms with E-state index in [1.165, 1.54) is 17.9 Å². The zero-order valence-corrected chi connectivity index (χ0v) is 18.5. The number of fused-ring (bicyclic) bond motifs is 1. The first-order valence-electron chi connectivity index (χ1n) is 9.75. The molecule has 7 nitrogen and oxygen atoms in total. The monoisotopic (exact) mass is 461 g/mol. The number of halogens is 2. The molecule has 0 saturated heterocycles. The molecule has 3 rings (SSSR count). The lowest BCUT2D eigenvalue weighted by atomic mass is 10.1. The SMILES string of the molecule is CCCN(CC(=O)Nc1cc(Cl)ccc1Cl)C(=O)C(C)N1C(=O)c2ccccc2C1=O. The molecule has 2 aromatic carbocycles. The van der Waals surface area contributed by atoms with E-state index in [0.29, 0.717) is 22.2 Å². The fourth-order valence-electron chi connectivity index (χ4n) is 3.43. The van der Waals surface area contributed by atoms with Crippen molar-refractivity contribution in [3.05, 3.63) is 63.6 Å². The quantitative estimate of drug-likeness (QED) is 0.634. The molecule has 1 heterocycles. The molecule has 162 valence electrons. The van der Waals surface area contributed by atoms with Crippen LogP contribution in [0.15, 0.2) is 42.5 Å². The first-order chi connectivity index (χ1) is 14.7.